The van der Waals surface area contributed by atoms with Gasteiger partial charge in [-0.15, -0.1) is 0 Å². The van der Waals surface area contributed by atoms with Gasteiger partial charge in [0.1, 0.15) is 0 Å². The normalized spacial score (nSPS) is 13.3. The second-order valence-electron chi connectivity index (χ2n) is 12.1. The number of benzene rings is 2. The summed E-state index contributed by atoms with van der Waals surface area (Å²) in [4.78, 5) is 82.4. The summed E-state index contributed by atoms with van der Waals surface area (Å²) in [6, 6.07) is 0. The van der Waals surface area contributed by atoms with Crippen molar-refractivity contribution in [1.82, 2.24) is 15.6 Å². The van der Waals surface area contributed by atoms with Gasteiger partial charge in [0.2, 0.25) is 11.8 Å². The Kier molecular flexibility index (Phi) is 23.1. The van der Waals surface area contributed by atoms with E-state index in [9.17, 15) is 69.6 Å². The molecule has 0 aliphatic heterocycles. The Morgan fingerprint density at radius 3 is 1.59 bits per heavy atom. The van der Waals surface area contributed by atoms with Crippen molar-refractivity contribution in [1.29, 1.82) is 0 Å². The topological polar surface area (TPSA) is 333 Å². The summed E-state index contributed by atoms with van der Waals surface area (Å²) in [7, 11) is 0. The van der Waals surface area contributed by atoms with Gasteiger partial charge in [0, 0.05) is 49.4 Å². The Balaban J connectivity index is 2.92. The second kappa shape index (κ2) is 24.9. The molecule has 0 radical (unpaired) electrons. The molecule has 0 aromatic heterocycles. The molecule has 2 aromatic carbocycles. The number of nitrogens with two attached hydrogens (primary N) is 1. The number of Topliss-reactive ketones (excluding diaryl/α,β-unsaturated/α-hetero) is 1. The number of hydrogen-bond acceptors (Lipinski definition) is 15. The summed E-state index contributed by atoms with van der Waals surface area (Å²) in [6.07, 6.45) is -6.75. The molecule has 0 fully saturated rings. The Labute approximate surface area is 412 Å². The van der Waals surface area contributed by atoms with Crippen LogP contribution in [0.25, 0.3) is 0 Å². The quantitative estimate of drug-likeness (QED) is 0.0311. The van der Waals surface area contributed by atoms with Gasteiger partial charge in [-0.3, -0.25) is 28.8 Å². The van der Waals surface area contributed by atoms with Gasteiger partial charge in [-0.05, 0) is 136 Å². The van der Waals surface area contributed by atoms with Crippen molar-refractivity contribution in [2.45, 2.75) is 37.8 Å². The fourth-order valence-corrected chi connectivity index (χ4v) is 14.1. The predicted octanol–water partition coefficient (Wildman–Crippen LogP) is -0.933. The van der Waals surface area contributed by atoms with Crippen molar-refractivity contribution in [3.8, 4) is 0 Å². The smallest absolute Gasteiger partial charge is 0.256 e. The first-order valence-corrected chi connectivity index (χ1v) is 22.9. The number of carbonyl (C=O) groups is 6. The third kappa shape index (κ3) is 13.7. The zero-order valence-electron chi connectivity index (χ0n) is 29.9. The van der Waals surface area contributed by atoms with Gasteiger partial charge >= 0.3 is 0 Å². The number of halogens is 6. The molecule has 26 heteroatoms. The van der Waals surface area contributed by atoms with Crippen LogP contribution < -0.4 is 26.8 Å². The van der Waals surface area contributed by atoms with Crippen LogP contribution in [0.1, 0.15) is 54.8 Å². The third-order valence-electron chi connectivity index (χ3n) is 7.64. The molecule has 0 aliphatic rings. The minimum atomic E-state index is -1.49. The van der Waals surface area contributed by atoms with Crippen LogP contribution in [0.2, 0.25) is 0 Å². The highest BCUT2D eigenvalue weighted by Crippen LogP contribution is 2.40. The number of nitrogens with one attached hydrogen (secondary N) is 3. The van der Waals surface area contributed by atoms with E-state index in [-0.39, 0.29) is 61.6 Å². The molecule has 20 nitrogen and oxygen atoms in total. The van der Waals surface area contributed by atoms with Gasteiger partial charge in [-0.1, -0.05) is 0 Å². The fourth-order valence-electron chi connectivity index (χ4n) is 4.89. The van der Waals surface area contributed by atoms with E-state index in [1.54, 1.807) is 136 Å². The van der Waals surface area contributed by atoms with E-state index in [1.165, 1.54) is 6.92 Å². The SMILES string of the molecule is CC(=O)Nc1c(I)c(C(=O)CC(=O)N(NCC(O)CO)c2c(I)c(C(N)=O)c(I)c(C(=O)N(CC(O)CO)CC(O)CO)c2I)c(I)c(C(=O)NCC(O)CO)c1I. The van der Waals surface area contributed by atoms with Gasteiger partial charge in [-0.25, -0.2) is 10.4 Å². The number of amides is 5. The molecule has 4 atom stereocenters. The average Bonchev–Trinajstić information content (AvgIpc) is 3.15. The number of aliphatic hydroxyl groups is 8. The molecule has 0 bridgehead atoms. The summed E-state index contributed by atoms with van der Waals surface area (Å²) >= 11 is 10.4. The van der Waals surface area contributed by atoms with Crippen LogP contribution in [0.4, 0.5) is 11.4 Å². The molecular weight excluding hydrogens is 1450 g/mol. The summed E-state index contributed by atoms with van der Waals surface area (Å²) in [5.41, 5.74) is 7.49. The molecule has 13 N–H and O–H groups in total. The number of hydrazine groups is 1. The predicted molar refractivity (Wildman–Crippen MR) is 257 cm³/mol. The molecular formula is C32H38I6N6O14. The molecule has 0 heterocycles. The molecule has 5 amide bonds. The van der Waals surface area contributed by atoms with Crippen molar-refractivity contribution in [2.24, 2.45) is 5.73 Å². The molecule has 0 aliphatic carbocycles. The standard InChI is InChI=1S/C32H38I6N6O14/c1-11(49)42-28-24(35)18(22(33)20(25(28)36)31(57)40-3-12(50)7-45)16(54)2-17(55)44(41-4-13(51)8-46)29-26(37)19(30(39)56)23(34)21(27(29)38)32(58)43(5-14(52)9-47)6-15(53)10-48/h12-15,41,45-48,50-53H,2-10H2,1H3,(H2,39,56)(H,40,57)(H,42,49). The average molecular weight is 1490 g/mol. The largest absolute Gasteiger partial charge is 0.394 e. The lowest BCUT2D eigenvalue weighted by atomic mass is 10.0. The molecule has 322 valence electrons. The van der Waals surface area contributed by atoms with Gasteiger partial charge in [0.25, 0.3) is 17.7 Å². The number of aliphatic hydroxyl groups excluding tert-OH is 8. The highest BCUT2D eigenvalue weighted by Gasteiger charge is 2.36. The van der Waals surface area contributed by atoms with E-state index >= 15 is 0 Å². The highest BCUT2D eigenvalue weighted by atomic mass is 127. The zero-order valence-corrected chi connectivity index (χ0v) is 42.9. The maximum Gasteiger partial charge on any atom is 0.256 e. The number of rotatable bonds is 21. The Hall–Kier alpha value is -0.520. The molecule has 4 unspecified atom stereocenters. The van der Waals surface area contributed by atoms with Crippen molar-refractivity contribution in [3.63, 3.8) is 0 Å². The number of anilines is 2. The number of primary amides is 1. The van der Waals surface area contributed by atoms with E-state index in [0.717, 1.165) is 9.91 Å². The second-order valence-corrected chi connectivity index (χ2v) is 18.6. The fraction of sp³-hybridized carbons (Fsp3) is 0.438. The molecule has 58 heavy (non-hydrogen) atoms. The third-order valence-corrected chi connectivity index (χ3v) is 14.1. The molecule has 0 saturated heterocycles. The summed E-state index contributed by atoms with van der Waals surface area (Å²) in [5.74, 6) is -5.25. The van der Waals surface area contributed by atoms with E-state index in [1.807, 2.05) is 0 Å². The van der Waals surface area contributed by atoms with Crippen LogP contribution in [-0.4, -0.2) is 158 Å². The first-order chi connectivity index (χ1) is 27.1. The van der Waals surface area contributed by atoms with Gasteiger partial charge in [-0.2, -0.15) is 0 Å². The summed E-state index contributed by atoms with van der Waals surface area (Å²) in [6.45, 7) is -3.76. The molecule has 0 saturated carbocycles. The summed E-state index contributed by atoms with van der Waals surface area (Å²) in [5, 5.41) is 84.2. The van der Waals surface area contributed by atoms with Crippen LogP contribution in [0.3, 0.4) is 0 Å². The minimum Gasteiger partial charge on any atom is -0.394 e. The van der Waals surface area contributed by atoms with Crippen LogP contribution in [-0.2, 0) is 9.59 Å². The van der Waals surface area contributed by atoms with E-state index in [0.29, 0.717) is 0 Å². The highest BCUT2D eigenvalue weighted by molar-refractivity contribution is 14.1. The first-order valence-electron chi connectivity index (χ1n) is 16.4. The van der Waals surface area contributed by atoms with Gasteiger partial charge in [0.05, 0.1) is 96.0 Å². The number of hydrogen-bond donors (Lipinski definition) is 12. The lowest BCUT2D eigenvalue weighted by molar-refractivity contribution is -0.118. The van der Waals surface area contributed by atoms with Crippen molar-refractivity contribution >= 4 is 182 Å². The number of nitrogens with zero attached hydrogens (tertiary/aromatic N) is 2. The van der Waals surface area contributed by atoms with Crippen LogP contribution >= 0.6 is 136 Å². The molecule has 2 aromatic rings. The van der Waals surface area contributed by atoms with Crippen LogP contribution in [0.15, 0.2) is 0 Å². The molecule has 0 spiro atoms. The lowest BCUT2D eigenvalue weighted by Gasteiger charge is -2.31. The Morgan fingerprint density at radius 2 is 1.10 bits per heavy atom. The monoisotopic (exact) mass is 1490 g/mol. The van der Waals surface area contributed by atoms with Crippen molar-refractivity contribution in [3.05, 3.63) is 43.7 Å². The van der Waals surface area contributed by atoms with E-state index in [4.69, 9.17) is 5.73 Å². The Morgan fingerprint density at radius 1 is 0.638 bits per heavy atom. The molecule has 2 rings (SSSR count). The van der Waals surface area contributed by atoms with E-state index < -0.39 is 112 Å². The van der Waals surface area contributed by atoms with Crippen LogP contribution in [0, 0.1) is 21.4 Å². The number of ketones is 1. The zero-order chi connectivity index (χ0) is 44.3. The van der Waals surface area contributed by atoms with E-state index in [2.05, 4.69) is 16.1 Å². The van der Waals surface area contributed by atoms with Crippen LogP contribution in [0.5, 0.6) is 0 Å². The number of carbonyl (C=O) groups excluding carboxylic acids is 6. The van der Waals surface area contributed by atoms with Crippen molar-refractivity contribution < 1.29 is 69.6 Å². The Bertz CT molecular complexity index is 1900. The lowest BCUT2D eigenvalue weighted by Crippen LogP contribution is -2.49. The first kappa shape index (κ1) is 53.6. The van der Waals surface area contributed by atoms with Crippen molar-refractivity contribution in [2.75, 3.05) is 62.9 Å². The van der Waals surface area contributed by atoms with Gasteiger partial charge < -0.3 is 62.1 Å². The van der Waals surface area contributed by atoms with Gasteiger partial charge in [0.15, 0.2) is 5.78 Å². The summed E-state index contributed by atoms with van der Waals surface area (Å²) < 4.78 is 0.369. The maximum absolute atomic E-state index is 14.4. The minimum absolute atomic E-state index is 0.00466. The maximum atomic E-state index is 14.4.